The molecule has 2 aliphatic carbocycles. The van der Waals surface area contributed by atoms with E-state index in [2.05, 4.69) is 0 Å². The Kier molecular flexibility index (Phi) is 4.34. The molecule has 0 radical (unpaired) electrons. The van der Waals surface area contributed by atoms with Gasteiger partial charge >= 0.3 is 17.9 Å². The second-order valence-electron chi connectivity index (χ2n) is 7.50. The number of fused-ring (bicyclic) bond motifs is 1. The minimum Gasteiger partial charge on any atom is -0.458 e. The van der Waals surface area contributed by atoms with Crippen LogP contribution in [0.1, 0.15) is 40.0 Å². The smallest absolute Gasteiger partial charge is 0.344 e. The van der Waals surface area contributed by atoms with E-state index in [0.29, 0.717) is 5.92 Å². The summed E-state index contributed by atoms with van der Waals surface area (Å²) in [5, 5.41) is 0. The summed E-state index contributed by atoms with van der Waals surface area (Å²) in [6.07, 6.45) is 1.67. The van der Waals surface area contributed by atoms with Crippen molar-refractivity contribution in [2.24, 2.45) is 29.6 Å². The summed E-state index contributed by atoms with van der Waals surface area (Å²) in [5.41, 5.74) is 0. The van der Waals surface area contributed by atoms with Crippen molar-refractivity contribution in [1.29, 1.82) is 0 Å². The van der Waals surface area contributed by atoms with Crippen LogP contribution in [0.4, 0.5) is 0 Å². The molecule has 23 heavy (non-hydrogen) atoms. The molecule has 3 aliphatic rings. The maximum Gasteiger partial charge on any atom is 0.344 e. The Morgan fingerprint density at radius 2 is 2.00 bits per heavy atom. The van der Waals surface area contributed by atoms with Crippen LogP contribution in [0.25, 0.3) is 0 Å². The van der Waals surface area contributed by atoms with Gasteiger partial charge in [-0.15, -0.1) is 0 Å². The molecule has 1 saturated heterocycles. The Bertz CT molecular complexity index is 513. The number of rotatable bonds is 6. The Morgan fingerprint density at radius 3 is 2.70 bits per heavy atom. The van der Waals surface area contributed by atoms with Crippen molar-refractivity contribution in [3.63, 3.8) is 0 Å². The van der Waals surface area contributed by atoms with Crippen molar-refractivity contribution < 1.29 is 28.6 Å². The Hall–Kier alpha value is -1.59. The van der Waals surface area contributed by atoms with Crippen molar-refractivity contribution in [1.82, 2.24) is 0 Å². The zero-order valence-electron chi connectivity index (χ0n) is 13.8. The molecule has 0 aromatic rings. The molecule has 1 aliphatic heterocycles. The van der Waals surface area contributed by atoms with Crippen LogP contribution in [0.15, 0.2) is 0 Å². The maximum absolute atomic E-state index is 11.9. The van der Waals surface area contributed by atoms with Crippen molar-refractivity contribution in [3.8, 4) is 0 Å². The highest BCUT2D eigenvalue weighted by Gasteiger charge is 2.63. The van der Waals surface area contributed by atoms with Crippen LogP contribution in [-0.4, -0.2) is 36.7 Å². The monoisotopic (exact) mass is 324 g/mol. The molecule has 1 heterocycles. The van der Waals surface area contributed by atoms with Crippen LogP contribution in [0.2, 0.25) is 0 Å². The summed E-state index contributed by atoms with van der Waals surface area (Å²) in [6, 6.07) is 0. The summed E-state index contributed by atoms with van der Waals surface area (Å²) in [7, 11) is 0. The van der Waals surface area contributed by atoms with Gasteiger partial charge in [0.1, 0.15) is 12.2 Å². The number of hydrogen-bond donors (Lipinski definition) is 0. The molecule has 0 aromatic heterocycles. The average molecular weight is 324 g/mol. The molecular formula is C17H24O6. The first-order valence-corrected chi connectivity index (χ1v) is 8.43. The van der Waals surface area contributed by atoms with Crippen molar-refractivity contribution in [2.75, 3.05) is 6.61 Å². The first-order chi connectivity index (χ1) is 10.9. The molecule has 3 rings (SSSR count). The molecule has 0 N–H and O–H groups in total. The highest BCUT2D eigenvalue weighted by atomic mass is 16.6. The highest BCUT2D eigenvalue weighted by molar-refractivity contribution is 5.79. The van der Waals surface area contributed by atoms with E-state index < -0.39 is 5.97 Å². The fourth-order valence-corrected chi connectivity index (χ4v) is 4.33. The number of ether oxygens (including phenoxy) is 3. The third kappa shape index (κ3) is 3.08. The van der Waals surface area contributed by atoms with Crippen molar-refractivity contribution >= 4 is 17.9 Å². The standard InChI is InChI=1S/C17H24O6/c1-8(2)4-9(3)16(19)21-7-13(18)22-14-10-5-11-12(6-10)17(20)23-15(11)14/h8-12,14-15H,4-7H2,1-3H3. The summed E-state index contributed by atoms with van der Waals surface area (Å²) in [5.74, 6) is -0.557. The minimum atomic E-state index is -0.563. The molecule has 0 aromatic carbocycles. The van der Waals surface area contributed by atoms with Gasteiger partial charge in [-0.1, -0.05) is 20.8 Å². The van der Waals surface area contributed by atoms with E-state index in [9.17, 15) is 14.4 Å². The summed E-state index contributed by atoms with van der Waals surface area (Å²) in [6.45, 7) is 5.48. The molecule has 2 bridgehead atoms. The topological polar surface area (TPSA) is 78.9 Å². The maximum atomic E-state index is 11.9. The van der Waals surface area contributed by atoms with Gasteiger partial charge in [0.2, 0.25) is 0 Å². The zero-order chi connectivity index (χ0) is 16.7. The van der Waals surface area contributed by atoms with Gasteiger partial charge in [-0.3, -0.25) is 9.59 Å². The molecule has 6 atom stereocenters. The Labute approximate surface area is 135 Å². The Morgan fingerprint density at radius 1 is 1.26 bits per heavy atom. The fourth-order valence-electron chi connectivity index (χ4n) is 4.33. The van der Waals surface area contributed by atoms with E-state index in [4.69, 9.17) is 14.2 Å². The average Bonchev–Trinajstić information content (AvgIpc) is 3.08. The van der Waals surface area contributed by atoms with Crippen LogP contribution in [-0.2, 0) is 28.6 Å². The van der Waals surface area contributed by atoms with Crippen LogP contribution in [0.3, 0.4) is 0 Å². The lowest BCUT2D eigenvalue weighted by Crippen LogP contribution is -2.37. The van der Waals surface area contributed by atoms with Crippen LogP contribution in [0.5, 0.6) is 0 Å². The second-order valence-corrected chi connectivity index (χ2v) is 7.50. The largest absolute Gasteiger partial charge is 0.458 e. The van der Waals surface area contributed by atoms with Gasteiger partial charge in [-0.25, -0.2) is 4.79 Å². The van der Waals surface area contributed by atoms with E-state index in [1.165, 1.54) is 0 Å². The van der Waals surface area contributed by atoms with Gasteiger partial charge < -0.3 is 14.2 Å². The molecule has 0 amide bonds. The number of carbonyl (C=O) groups excluding carboxylic acids is 3. The molecule has 6 nitrogen and oxygen atoms in total. The predicted molar refractivity (Wildman–Crippen MR) is 79.0 cm³/mol. The van der Waals surface area contributed by atoms with Gasteiger partial charge in [-0.2, -0.15) is 0 Å². The quantitative estimate of drug-likeness (QED) is 0.546. The number of carbonyl (C=O) groups is 3. The van der Waals surface area contributed by atoms with Crippen molar-refractivity contribution in [2.45, 2.75) is 52.2 Å². The van der Waals surface area contributed by atoms with E-state index in [0.717, 1.165) is 19.3 Å². The summed E-state index contributed by atoms with van der Waals surface area (Å²) in [4.78, 5) is 35.4. The van der Waals surface area contributed by atoms with E-state index in [-0.39, 0.29) is 54.4 Å². The molecule has 3 fully saturated rings. The second kappa shape index (κ2) is 6.13. The summed E-state index contributed by atoms with van der Waals surface area (Å²) >= 11 is 0. The molecule has 6 heteroatoms. The van der Waals surface area contributed by atoms with E-state index in [1.54, 1.807) is 6.92 Å². The molecule has 0 spiro atoms. The molecule has 2 saturated carbocycles. The predicted octanol–water partition coefficient (Wildman–Crippen LogP) is 1.71. The van der Waals surface area contributed by atoms with Gasteiger partial charge in [-0.05, 0) is 25.2 Å². The molecular weight excluding hydrogens is 300 g/mol. The van der Waals surface area contributed by atoms with Gasteiger partial charge in [0.05, 0.1) is 11.8 Å². The minimum absolute atomic E-state index is 0.00494. The van der Waals surface area contributed by atoms with E-state index >= 15 is 0 Å². The van der Waals surface area contributed by atoms with Crippen molar-refractivity contribution in [3.05, 3.63) is 0 Å². The van der Waals surface area contributed by atoms with Gasteiger partial charge in [0.25, 0.3) is 0 Å². The lowest BCUT2D eigenvalue weighted by atomic mass is 9.88. The first kappa shape index (κ1) is 16.3. The fraction of sp³-hybridized carbons (Fsp3) is 0.824. The summed E-state index contributed by atoms with van der Waals surface area (Å²) < 4.78 is 15.8. The Balaban J connectivity index is 1.46. The number of hydrogen-bond acceptors (Lipinski definition) is 6. The van der Waals surface area contributed by atoms with Crippen LogP contribution < -0.4 is 0 Å². The molecule has 6 unspecified atom stereocenters. The van der Waals surface area contributed by atoms with Gasteiger partial charge in [0.15, 0.2) is 6.61 Å². The lowest BCUT2D eigenvalue weighted by Gasteiger charge is -2.25. The van der Waals surface area contributed by atoms with Crippen LogP contribution >= 0.6 is 0 Å². The zero-order valence-corrected chi connectivity index (χ0v) is 13.8. The SMILES string of the molecule is CC(C)CC(C)C(=O)OCC(=O)OC1C2CC3C(=O)OC1C3C2. The normalized spacial score (nSPS) is 35.3. The van der Waals surface area contributed by atoms with E-state index in [1.807, 2.05) is 13.8 Å². The number of esters is 3. The molecule has 128 valence electrons. The third-order valence-electron chi connectivity index (χ3n) is 5.24. The highest BCUT2D eigenvalue weighted by Crippen LogP contribution is 2.55. The van der Waals surface area contributed by atoms with Crippen LogP contribution in [0, 0.1) is 29.6 Å². The first-order valence-electron chi connectivity index (χ1n) is 8.43. The third-order valence-corrected chi connectivity index (χ3v) is 5.24. The van der Waals surface area contributed by atoms with Gasteiger partial charge in [0, 0.05) is 11.8 Å². The lowest BCUT2D eigenvalue weighted by molar-refractivity contribution is -0.171.